The molecule has 0 unspecified atom stereocenters. The third-order valence-electron chi connectivity index (χ3n) is 6.87. The fourth-order valence-corrected chi connectivity index (χ4v) is 4.86. The Hall–Kier alpha value is -5.45. The standard InChI is InChI=1S/C30H24N2O9/c1-37-22-11-15(7-9-20(22)33)26-29(30(36)32-14-21(34)18-13-31-19-6-4-3-5-17(18)19)41-28-25-16(8-10-24(35)39-25)12-23(38-2)27(28)40-26/h3-13,26,29,31,33H,14H2,1-2H3,(H,32,36)/t26-,29-/m1/s1. The molecule has 1 aliphatic heterocycles. The number of fused-ring (bicyclic) bond motifs is 4. The van der Waals surface area contributed by atoms with Crippen molar-refractivity contribution in [1.29, 1.82) is 0 Å². The van der Waals surface area contributed by atoms with Gasteiger partial charge in [0, 0.05) is 39.7 Å². The first-order valence-corrected chi connectivity index (χ1v) is 12.6. The molecule has 3 aromatic carbocycles. The Morgan fingerprint density at radius 1 is 0.976 bits per heavy atom. The largest absolute Gasteiger partial charge is 0.504 e. The second-order valence-electron chi connectivity index (χ2n) is 9.31. The lowest BCUT2D eigenvalue weighted by atomic mass is 10.0. The molecule has 6 rings (SSSR count). The number of phenols is 1. The van der Waals surface area contributed by atoms with Crippen molar-refractivity contribution in [3.8, 4) is 28.7 Å². The lowest BCUT2D eigenvalue weighted by molar-refractivity contribution is -0.134. The van der Waals surface area contributed by atoms with Gasteiger partial charge in [-0.1, -0.05) is 24.3 Å². The van der Waals surface area contributed by atoms with E-state index in [9.17, 15) is 19.5 Å². The summed E-state index contributed by atoms with van der Waals surface area (Å²) in [5.74, 6) is -0.520. The number of methoxy groups -OCH3 is 2. The molecule has 5 aromatic rings. The molecule has 2 aromatic heterocycles. The average Bonchev–Trinajstić information content (AvgIpc) is 3.43. The highest BCUT2D eigenvalue weighted by Crippen LogP contribution is 2.50. The fourth-order valence-electron chi connectivity index (χ4n) is 4.86. The van der Waals surface area contributed by atoms with Crippen LogP contribution in [-0.4, -0.2) is 48.6 Å². The third kappa shape index (κ3) is 4.56. The van der Waals surface area contributed by atoms with Crippen LogP contribution in [0.3, 0.4) is 0 Å². The number of ether oxygens (including phenoxy) is 4. The average molecular weight is 557 g/mol. The van der Waals surface area contributed by atoms with Gasteiger partial charge in [-0.25, -0.2) is 4.79 Å². The van der Waals surface area contributed by atoms with Gasteiger partial charge in [0.25, 0.3) is 5.91 Å². The number of para-hydroxylation sites is 1. The number of carbonyl (C=O) groups is 2. The van der Waals surface area contributed by atoms with Crippen molar-refractivity contribution in [1.82, 2.24) is 10.3 Å². The van der Waals surface area contributed by atoms with Gasteiger partial charge in [-0.3, -0.25) is 9.59 Å². The van der Waals surface area contributed by atoms with Gasteiger partial charge in [0.2, 0.25) is 17.6 Å². The van der Waals surface area contributed by atoms with E-state index in [0.29, 0.717) is 16.5 Å². The fraction of sp³-hybridized carbons (Fsp3) is 0.167. The molecular weight excluding hydrogens is 532 g/mol. The lowest BCUT2D eigenvalue weighted by Gasteiger charge is -2.34. The Morgan fingerprint density at radius 2 is 1.78 bits per heavy atom. The van der Waals surface area contributed by atoms with E-state index in [-0.39, 0.29) is 46.7 Å². The SMILES string of the molecule is COc1cc([C@H]2Oc3c(OC)cc4ccc(=O)oc4c3O[C@H]2C(=O)NCC(=O)c2c[nH]c3ccccc23)ccc1O. The van der Waals surface area contributed by atoms with Crippen LogP contribution in [0.1, 0.15) is 22.0 Å². The summed E-state index contributed by atoms with van der Waals surface area (Å²) < 4.78 is 28.7. The number of aromatic amines is 1. The summed E-state index contributed by atoms with van der Waals surface area (Å²) in [6, 6.07) is 16.2. The number of carbonyl (C=O) groups excluding carboxylic acids is 2. The molecular formula is C30H24N2O9. The normalized spacial score (nSPS) is 16.0. The predicted molar refractivity (Wildman–Crippen MR) is 147 cm³/mol. The summed E-state index contributed by atoms with van der Waals surface area (Å²) >= 11 is 0. The second-order valence-corrected chi connectivity index (χ2v) is 9.31. The number of H-pyrrole nitrogens is 1. The molecule has 1 amide bonds. The van der Waals surface area contributed by atoms with E-state index < -0.39 is 23.7 Å². The van der Waals surface area contributed by atoms with E-state index in [1.807, 2.05) is 24.3 Å². The van der Waals surface area contributed by atoms with Gasteiger partial charge in [-0.15, -0.1) is 0 Å². The zero-order valence-electron chi connectivity index (χ0n) is 21.9. The van der Waals surface area contributed by atoms with Crippen molar-refractivity contribution in [3.05, 3.63) is 88.4 Å². The van der Waals surface area contributed by atoms with Crippen LogP contribution in [-0.2, 0) is 4.79 Å². The molecule has 0 radical (unpaired) electrons. The number of nitrogens with one attached hydrogen (secondary N) is 2. The molecule has 0 fully saturated rings. The van der Waals surface area contributed by atoms with Gasteiger partial charge in [-0.05, 0) is 30.3 Å². The Kier molecular flexibility index (Phi) is 6.46. The van der Waals surface area contributed by atoms with Crippen LogP contribution < -0.4 is 29.9 Å². The summed E-state index contributed by atoms with van der Waals surface area (Å²) in [6.45, 7) is -0.313. The molecule has 41 heavy (non-hydrogen) atoms. The number of ketones is 1. The first kappa shape index (κ1) is 25.8. The van der Waals surface area contributed by atoms with E-state index in [4.69, 9.17) is 23.4 Å². The van der Waals surface area contributed by atoms with Crippen LogP contribution in [0.5, 0.6) is 28.7 Å². The second kappa shape index (κ2) is 10.3. The lowest BCUT2D eigenvalue weighted by Crippen LogP contribution is -2.47. The summed E-state index contributed by atoms with van der Waals surface area (Å²) in [6.07, 6.45) is -0.808. The number of aromatic nitrogens is 1. The number of hydrogen-bond donors (Lipinski definition) is 3. The summed E-state index contributed by atoms with van der Waals surface area (Å²) in [4.78, 5) is 41.8. The monoisotopic (exact) mass is 556 g/mol. The van der Waals surface area contributed by atoms with Gasteiger partial charge >= 0.3 is 5.63 Å². The van der Waals surface area contributed by atoms with Crippen LogP contribution in [0.15, 0.2) is 76.1 Å². The number of rotatable bonds is 7. The van der Waals surface area contributed by atoms with Crippen LogP contribution in [0.2, 0.25) is 0 Å². The first-order chi connectivity index (χ1) is 19.9. The number of phenolic OH excluding ortho intramolecular Hbond substituents is 1. The molecule has 0 bridgehead atoms. The minimum atomic E-state index is -1.34. The maximum Gasteiger partial charge on any atom is 0.336 e. The molecule has 11 heteroatoms. The topological polar surface area (TPSA) is 149 Å². The molecule has 208 valence electrons. The van der Waals surface area contributed by atoms with Gasteiger partial charge in [0.05, 0.1) is 20.8 Å². The van der Waals surface area contributed by atoms with Crippen LogP contribution >= 0.6 is 0 Å². The van der Waals surface area contributed by atoms with Crippen molar-refractivity contribution < 1.29 is 38.1 Å². The van der Waals surface area contributed by atoms with E-state index >= 15 is 0 Å². The number of hydrogen-bond acceptors (Lipinski definition) is 9. The highest BCUT2D eigenvalue weighted by atomic mass is 16.6. The number of benzene rings is 3. The number of Topliss-reactive ketones (excluding diaryl/α,β-unsaturated/α-hetero) is 1. The molecule has 0 saturated carbocycles. The van der Waals surface area contributed by atoms with E-state index in [1.165, 1.54) is 32.4 Å². The van der Waals surface area contributed by atoms with E-state index in [0.717, 1.165) is 10.9 Å². The first-order valence-electron chi connectivity index (χ1n) is 12.6. The quantitative estimate of drug-likeness (QED) is 0.201. The van der Waals surface area contributed by atoms with Gasteiger partial charge in [0.1, 0.15) is 0 Å². The van der Waals surface area contributed by atoms with Crippen LogP contribution in [0, 0.1) is 0 Å². The van der Waals surface area contributed by atoms with Crippen molar-refractivity contribution in [3.63, 3.8) is 0 Å². The minimum absolute atomic E-state index is 0.00199. The summed E-state index contributed by atoms with van der Waals surface area (Å²) in [7, 11) is 2.84. The highest BCUT2D eigenvalue weighted by Gasteiger charge is 2.41. The Balaban J connectivity index is 1.38. The Labute approximate surface area is 232 Å². The Morgan fingerprint density at radius 3 is 2.59 bits per heavy atom. The summed E-state index contributed by atoms with van der Waals surface area (Å²) in [5, 5.41) is 14.0. The van der Waals surface area contributed by atoms with Crippen molar-refractivity contribution >= 4 is 33.6 Å². The molecule has 3 N–H and O–H groups in total. The van der Waals surface area contributed by atoms with Crippen molar-refractivity contribution in [2.24, 2.45) is 0 Å². The zero-order chi connectivity index (χ0) is 28.7. The molecule has 11 nitrogen and oxygen atoms in total. The van der Waals surface area contributed by atoms with Gasteiger partial charge in [-0.2, -0.15) is 0 Å². The molecule has 3 heterocycles. The molecule has 0 aliphatic carbocycles. The van der Waals surface area contributed by atoms with Crippen molar-refractivity contribution in [2.45, 2.75) is 12.2 Å². The maximum absolute atomic E-state index is 13.6. The van der Waals surface area contributed by atoms with E-state index in [1.54, 1.807) is 24.4 Å². The van der Waals surface area contributed by atoms with Crippen LogP contribution in [0.4, 0.5) is 0 Å². The molecule has 1 aliphatic rings. The van der Waals surface area contributed by atoms with E-state index in [2.05, 4.69) is 10.3 Å². The Bertz CT molecular complexity index is 1870. The molecule has 0 spiro atoms. The zero-order valence-corrected chi connectivity index (χ0v) is 21.9. The predicted octanol–water partition coefficient (Wildman–Crippen LogP) is 3.88. The van der Waals surface area contributed by atoms with Crippen molar-refractivity contribution in [2.75, 3.05) is 20.8 Å². The molecule has 2 atom stereocenters. The maximum atomic E-state index is 13.6. The number of amides is 1. The minimum Gasteiger partial charge on any atom is -0.504 e. The van der Waals surface area contributed by atoms with Gasteiger partial charge < -0.3 is 38.8 Å². The third-order valence-corrected chi connectivity index (χ3v) is 6.87. The molecule has 0 saturated heterocycles. The highest BCUT2D eigenvalue weighted by molar-refractivity contribution is 6.09. The number of aromatic hydroxyl groups is 1. The summed E-state index contributed by atoms with van der Waals surface area (Å²) in [5.41, 5.74) is 1.12. The smallest absolute Gasteiger partial charge is 0.336 e. The van der Waals surface area contributed by atoms with Gasteiger partial charge in [0.15, 0.2) is 34.7 Å². The van der Waals surface area contributed by atoms with Crippen LogP contribution in [0.25, 0.3) is 21.9 Å².